The van der Waals surface area contributed by atoms with E-state index in [0.29, 0.717) is 12.1 Å². The Labute approximate surface area is 140 Å². The Kier molecular flexibility index (Phi) is 4.91. The molecule has 5 nitrogen and oxygen atoms in total. The molecule has 2 aromatic carbocycles. The molecule has 0 bridgehead atoms. The number of benzene rings is 2. The predicted molar refractivity (Wildman–Crippen MR) is 92.6 cm³/mol. The van der Waals surface area contributed by atoms with Gasteiger partial charge in [0.25, 0.3) is 5.91 Å². The highest BCUT2D eigenvalue weighted by atomic mass is 16.5. The van der Waals surface area contributed by atoms with Crippen molar-refractivity contribution in [3.05, 3.63) is 78.4 Å². The number of rotatable bonds is 6. The zero-order valence-electron chi connectivity index (χ0n) is 13.5. The molecule has 122 valence electrons. The van der Waals surface area contributed by atoms with Crippen molar-refractivity contribution in [1.29, 1.82) is 0 Å². The molecule has 5 heteroatoms. The number of ether oxygens (including phenoxy) is 1. The average Bonchev–Trinajstić information content (AvgIpc) is 3.17. The van der Waals surface area contributed by atoms with Gasteiger partial charge in [0.05, 0.1) is 13.4 Å². The molecule has 1 aromatic heterocycles. The second-order valence-electron chi connectivity index (χ2n) is 5.37. The van der Waals surface area contributed by atoms with Crippen molar-refractivity contribution >= 4 is 5.91 Å². The zero-order valence-corrected chi connectivity index (χ0v) is 13.5. The first-order valence-electron chi connectivity index (χ1n) is 7.76. The minimum Gasteiger partial charge on any atom is -0.497 e. The van der Waals surface area contributed by atoms with E-state index in [2.05, 4.69) is 10.3 Å². The highest BCUT2D eigenvalue weighted by Crippen LogP contribution is 2.12. The van der Waals surface area contributed by atoms with Crippen LogP contribution in [0.25, 0.3) is 5.69 Å². The molecule has 0 saturated carbocycles. The quantitative estimate of drug-likeness (QED) is 0.759. The van der Waals surface area contributed by atoms with Crippen molar-refractivity contribution in [2.45, 2.75) is 6.42 Å². The number of imidazole rings is 1. The van der Waals surface area contributed by atoms with Crippen molar-refractivity contribution in [1.82, 2.24) is 14.9 Å². The van der Waals surface area contributed by atoms with Gasteiger partial charge >= 0.3 is 0 Å². The van der Waals surface area contributed by atoms with Gasteiger partial charge in [-0.2, -0.15) is 0 Å². The number of carbonyl (C=O) groups excluding carboxylic acids is 1. The summed E-state index contributed by atoms with van der Waals surface area (Å²) in [5.41, 5.74) is 2.78. The lowest BCUT2D eigenvalue weighted by molar-refractivity contribution is 0.0954. The molecule has 3 rings (SSSR count). The van der Waals surface area contributed by atoms with Crippen LogP contribution in [0, 0.1) is 0 Å². The van der Waals surface area contributed by atoms with Gasteiger partial charge in [-0.3, -0.25) is 4.79 Å². The maximum atomic E-state index is 12.2. The maximum Gasteiger partial charge on any atom is 0.251 e. The molecule has 0 spiro atoms. The molecular formula is C19H19N3O2. The number of nitrogens with one attached hydrogen (secondary N) is 1. The molecule has 24 heavy (non-hydrogen) atoms. The molecule has 1 N–H and O–H groups in total. The number of carbonyl (C=O) groups is 1. The Hall–Kier alpha value is -3.08. The van der Waals surface area contributed by atoms with E-state index >= 15 is 0 Å². The van der Waals surface area contributed by atoms with E-state index < -0.39 is 0 Å². The number of hydrogen-bond donors (Lipinski definition) is 1. The largest absolute Gasteiger partial charge is 0.497 e. The fraction of sp³-hybridized carbons (Fsp3) is 0.158. The van der Waals surface area contributed by atoms with E-state index in [9.17, 15) is 4.79 Å². The highest BCUT2D eigenvalue weighted by molar-refractivity contribution is 5.94. The second-order valence-corrected chi connectivity index (χ2v) is 5.37. The summed E-state index contributed by atoms with van der Waals surface area (Å²) in [6, 6.07) is 15.3. The first-order valence-corrected chi connectivity index (χ1v) is 7.76. The van der Waals surface area contributed by atoms with Crippen LogP contribution in [-0.4, -0.2) is 29.1 Å². The molecule has 0 fully saturated rings. The molecule has 1 amide bonds. The van der Waals surface area contributed by atoms with Crippen LogP contribution in [0.4, 0.5) is 0 Å². The Bertz CT molecular complexity index is 778. The standard InChI is InChI=1S/C19H19N3O2/c1-24-18-8-2-15(3-9-18)10-11-21-19(23)16-4-6-17(7-5-16)22-13-12-20-14-22/h2-9,12-14H,10-11H2,1H3,(H,21,23). The minimum atomic E-state index is -0.0688. The summed E-state index contributed by atoms with van der Waals surface area (Å²) in [5, 5.41) is 2.94. The lowest BCUT2D eigenvalue weighted by Gasteiger charge is -2.07. The molecule has 0 saturated heterocycles. The van der Waals surface area contributed by atoms with E-state index in [-0.39, 0.29) is 5.91 Å². The van der Waals surface area contributed by atoms with E-state index in [1.54, 1.807) is 19.6 Å². The summed E-state index contributed by atoms with van der Waals surface area (Å²) in [4.78, 5) is 16.2. The second kappa shape index (κ2) is 7.46. The summed E-state index contributed by atoms with van der Waals surface area (Å²) in [6.07, 6.45) is 6.09. The summed E-state index contributed by atoms with van der Waals surface area (Å²) in [5.74, 6) is 0.765. The highest BCUT2D eigenvalue weighted by Gasteiger charge is 2.05. The Morgan fingerprint density at radius 2 is 1.88 bits per heavy atom. The van der Waals surface area contributed by atoms with Crippen LogP contribution in [0.3, 0.4) is 0 Å². The van der Waals surface area contributed by atoms with E-state index in [1.165, 1.54) is 0 Å². The fourth-order valence-electron chi connectivity index (χ4n) is 2.41. The smallest absolute Gasteiger partial charge is 0.251 e. The molecule has 0 radical (unpaired) electrons. The third-order valence-electron chi connectivity index (χ3n) is 3.79. The van der Waals surface area contributed by atoms with Gasteiger partial charge in [-0.15, -0.1) is 0 Å². The van der Waals surface area contributed by atoms with Crippen LogP contribution in [0.1, 0.15) is 15.9 Å². The lowest BCUT2D eigenvalue weighted by atomic mass is 10.1. The number of methoxy groups -OCH3 is 1. The van der Waals surface area contributed by atoms with Crippen molar-refractivity contribution < 1.29 is 9.53 Å². The fourth-order valence-corrected chi connectivity index (χ4v) is 2.41. The van der Waals surface area contributed by atoms with Crippen LogP contribution >= 0.6 is 0 Å². The topological polar surface area (TPSA) is 56.1 Å². The Balaban J connectivity index is 1.53. The summed E-state index contributed by atoms with van der Waals surface area (Å²) in [7, 11) is 1.65. The third kappa shape index (κ3) is 3.81. The van der Waals surface area contributed by atoms with Crippen LogP contribution in [0.2, 0.25) is 0 Å². The van der Waals surface area contributed by atoms with Gasteiger partial charge in [-0.25, -0.2) is 4.98 Å². The minimum absolute atomic E-state index is 0.0688. The van der Waals surface area contributed by atoms with E-state index in [0.717, 1.165) is 23.4 Å². The summed E-state index contributed by atoms with van der Waals surface area (Å²) < 4.78 is 7.02. The normalized spacial score (nSPS) is 10.4. The predicted octanol–water partition coefficient (Wildman–Crippen LogP) is 2.85. The van der Waals surface area contributed by atoms with Gasteiger partial charge < -0.3 is 14.6 Å². The van der Waals surface area contributed by atoms with Gasteiger partial charge in [0, 0.05) is 30.2 Å². The van der Waals surface area contributed by atoms with Crippen LogP contribution in [0.5, 0.6) is 5.75 Å². The van der Waals surface area contributed by atoms with Gasteiger partial charge in [0.2, 0.25) is 0 Å². The Morgan fingerprint density at radius 1 is 1.12 bits per heavy atom. The van der Waals surface area contributed by atoms with Crippen molar-refractivity contribution in [3.63, 3.8) is 0 Å². The monoisotopic (exact) mass is 321 g/mol. The summed E-state index contributed by atoms with van der Waals surface area (Å²) in [6.45, 7) is 0.592. The first-order chi connectivity index (χ1) is 11.8. The number of hydrogen-bond acceptors (Lipinski definition) is 3. The molecule has 3 aromatic rings. The van der Waals surface area contributed by atoms with Gasteiger partial charge in [0.1, 0.15) is 5.75 Å². The van der Waals surface area contributed by atoms with E-state index in [4.69, 9.17) is 4.74 Å². The maximum absolute atomic E-state index is 12.2. The van der Waals surface area contributed by atoms with Gasteiger partial charge in [-0.05, 0) is 48.4 Å². The number of amides is 1. The summed E-state index contributed by atoms with van der Waals surface area (Å²) >= 11 is 0. The van der Waals surface area contributed by atoms with Crippen LogP contribution < -0.4 is 10.1 Å². The lowest BCUT2D eigenvalue weighted by Crippen LogP contribution is -2.25. The van der Waals surface area contributed by atoms with Crippen LogP contribution in [0.15, 0.2) is 67.3 Å². The molecule has 1 heterocycles. The van der Waals surface area contributed by atoms with Crippen molar-refractivity contribution in [2.24, 2.45) is 0 Å². The van der Waals surface area contributed by atoms with Crippen molar-refractivity contribution in [2.75, 3.05) is 13.7 Å². The number of aromatic nitrogens is 2. The zero-order chi connectivity index (χ0) is 16.8. The number of nitrogens with zero attached hydrogens (tertiary/aromatic N) is 2. The van der Waals surface area contributed by atoms with Crippen LogP contribution in [-0.2, 0) is 6.42 Å². The van der Waals surface area contributed by atoms with Crippen molar-refractivity contribution in [3.8, 4) is 11.4 Å². The molecular weight excluding hydrogens is 302 g/mol. The Morgan fingerprint density at radius 3 is 2.50 bits per heavy atom. The molecule has 0 aliphatic carbocycles. The van der Waals surface area contributed by atoms with Gasteiger partial charge in [-0.1, -0.05) is 12.1 Å². The third-order valence-corrected chi connectivity index (χ3v) is 3.79. The molecule has 0 unspecified atom stereocenters. The first kappa shape index (κ1) is 15.8. The molecule has 0 aliphatic heterocycles. The SMILES string of the molecule is COc1ccc(CCNC(=O)c2ccc(-n3ccnc3)cc2)cc1. The molecule has 0 aliphatic rings. The average molecular weight is 321 g/mol. The van der Waals surface area contributed by atoms with Gasteiger partial charge in [0.15, 0.2) is 0 Å². The molecule has 0 atom stereocenters. The van der Waals surface area contributed by atoms with E-state index in [1.807, 2.05) is 59.3 Å².